The van der Waals surface area contributed by atoms with Crippen LogP contribution in [-0.2, 0) is 4.79 Å². The second-order valence-electron chi connectivity index (χ2n) is 4.13. The SMILES string of the molecule is N#CCC(=O)NNC(=O)c1ccc(-c2cc(Cl)ccc2Cl)o1. The van der Waals surface area contributed by atoms with E-state index in [1.807, 2.05) is 0 Å². The fraction of sp³-hybridized carbons (Fsp3) is 0.0714. The number of nitrogens with one attached hydrogen (secondary N) is 2. The van der Waals surface area contributed by atoms with Crippen molar-refractivity contribution < 1.29 is 14.0 Å². The molecule has 1 heterocycles. The lowest BCUT2D eigenvalue weighted by Gasteiger charge is -2.04. The molecule has 0 aliphatic carbocycles. The maximum absolute atomic E-state index is 11.8. The predicted molar refractivity (Wildman–Crippen MR) is 80.0 cm³/mol. The van der Waals surface area contributed by atoms with Gasteiger partial charge in [0.25, 0.3) is 5.91 Å². The smallest absolute Gasteiger partial charge is 0.305 e. The van der Waals surface area contributed by atoms with Gasteiger partial charge in [0.1, 0.15) is 12.2 Å². The summed E-state index contributed by atoms with van der Waals surface area (Å²) >= 11 is 11.9. The molecule has 0 spiro atoms. The number of carbonyl (C=O) groups is 2. The molecule has 2 amide bonds. The summed E-state index contributed by atoms with van der Waals surface area (Å²) in [5.74, 6) is -0.944. The molecule has 2 N–H and O–H groups in total. The number of rotatable bonds is 3. The molecular weight excluding hydrogens is 329 g/mol. The Bertz CT molecular complexity index is 765. The lowest BCUT2D eigenvalue weighted by molar-refractivity contribution is -0.120. The number of hydrogen-bond donors (Lipinski definition) is 2. The number of amides is 2. The standard InChI is InChI=1S/C14H9Cl2N3O3/c15-8-1-2-10(16)9(7-8)11-3-4-12(22-11)14(21)19-18-13(20)5-6-17/h1-4,7H,5H2,(H,18,20)(H,19,21). The molecular formula is C14H9Cl2N3O3. The van der Waals surface area contributed by atoms with Crippen LogP contribution in [0.2, 0.25) is 10.0 Å². The molecule has 6 nitrogen and oxygen atoms in total. The molecule has 8 heteroatoms. The van der Waals surface area contributed by atoms with Crippen LogP contribution in [0.4, 0.5) is 0 Å². The molecule has 2 aromatic rings. The predicted octanol–water partition coefficient (Wildman–Crippen LogP) is 2.93. The molecule has 0 bridgehead atoms. The van der Waals surface area contributed by atoms with E-state index in [0.717, 1.165) is 0 Å². The second-order valence-corrected chi connectivity index (χ2v) is 4.97. The highest BCUT2D eigenvalue weighted by Gasteiger charge is 2.14. The molecule has 1 aromatic carbocycles. The lowest BCUT2D eigenvalue weighted by atomic mass is 10.2. The summed E-state index contributed by atoms with van der Waals surface area (Å²) in [6.07, 6.45) is -0.359. The van der Waals surface area contributed by atoms with Crippen LogP contribution in [0.1, 0.15) is 17.0 Å². The summed E-state index contributed by atoms with van der Waals surface area (Å²) in [6, 6.07) is 9.50. The van der Waals surface area contributed by atoms with Crippen LogP contribution in [0, 0.1) is 11.3 Å². The molecule has 22 heavy (non-hydrogen) atoms. The van der Waals surface area contributed by atoms with Crippen LogP contribution in [0.5, 0.6) is 0 Å². The maximum Gasteiger partial charge on any atom is 0.305 e. The minimum absolute atomic E-state index is 0.0247. The van der Waals surface area contributed by atoms with E-state index in [4.69, 9.17) is 32.9 Å². The Morgan fingerprint density at radius 3 is 2.68 bits per heavy atom. The Kier molecular flexibility index (Phi) is 5.04. The first kappa shape index (κ1) is 15.9. The second kappa shape index (κ2) is 6.98. The number of nitrogens with zero attached hydrogens (tertiary/aromatic N) is 1. The number of benzene rings is 1. The monoisotopic (exact) mass is 337 g/mol. The Labute approximate surface area is 135 Å². The van der Waals surface area contributed by atoms with E-state index < -0.39 is 11.8 Å². The van der Waals surface area contributed by atoms with Crippen molar-refractivity contribution in [3.63, 3.8) is 0 Å². The van der Waals surface area contributed by atoms with Crippen LogP contribution < -0.4 is 10.9 Å². The minimum Gasteiger partial charge on any atom is -0.451 e. The van der Waals surface area contributed by atoms with Gasteiger partial charge in [-0.15, -0.1) is 0 Å². The molecule has 2 rings (SSSR count). The van der Waals surface area contributed by atoms with Crippen LogP contribution in [0.15, 0.2) is 34.7 Å². The van der Waals surface area contributed by atoms with E-state index in [2.05, 4.69) is 10.9 Å². The van der Waals surface area contributed by atoms with Gasteiger partial charge in [-0.25, -0.2) is 0 Å². The van der Waals surface area contributed by atoms with Gasteiger partial charge >= 0.3 is 5.91 Å². The third kappa shape index (κ3) is 3.79. The van der Waals surface area contributed by atoms with Gasteiger partial charge in [0.15, 0.2) is 5.76 Å². The van der Waals surface area contributed by atoms with Crippen molar-refractivity contribution in [3.05, 3.63) is 46.1 Å². The molecule has 112 valence electrons. The number of halogens is 2. The number of hydrogen-bond acceptors (Lipinski definition) is 4. The van der Waals surface area contributed by atoms with Gasteiger partial charge in [-0.2, -0.15) is 5.26 Å². The van der Waals surface area contributed by atoms with Crippen molar-refractivity contribution in [1.29, 1.82) is 5.26 Å². The molecule has 0 saturated carbocycles. The van der Waals surface area contributed by atoms with Gasteiger partial charge in [0.05, 0.1) is 11.1 Å². The first-order valence-corrected chi connectivity index (χ1v) is 6.78. The third-order valence-electron chi connectivity index (χ3n) is 2.58. The van der Waals surface area contributed by atoms with E-state index in [-0.39, 0.29) is 12.2 Å². The summed E-state index contributed by atoms with van der Waals surface area (Å²) in [6.45, 7) is 0. The zero-order chi connectivity index (χ0) is 16.1. The largest absolute Gasteiger partial charge is 0.451 e. The van der Waals surface area contributed by atoms with Crippen LogP contribution in [-0.4, -0.2) is 11.8 Å². The molecule has 1 aromatic heterocycles. The summed E-state index contributed by atoms with van der Waals surface area (Å²) < 4.78 is 5.39. The van der Waals surface area contributed by atoms with Crippen molar-refractivity contribution in [1.82, 2.24) is 10.9 Å². The number of nitriles is 1. The van der Waals surface area contributed by atoms with E-state index in [9.17, 15) is 9.59 Å². The number of furan rings is 1. The quantitative estimate of drug-likeness (QED) is 0.841. The zero-order valence-electron chi connectivity index (χ0n) is 11.0. The van der Waals surface area contributed by atoms with Crippen molar-refractivity contribution in [2.75, 3.05) is 0 Å². The minimum atomic E-state index is -0.657. The average Bonchev–Trinajstić information content (AvgIpc) is 2.97. The topological polar surface area (TPSA) is 95.1 Å². The van der Waals surface area contributed by atoms with Crippen molar-refractivity contribution in [3.8, 4) is 17.4 Å². The van der Waals surface area contributed by atoms with Gasteiger partial charge in [-0.05, 0) is 30.3 Å². The van der Waals surface area contributed by atoms with Crippen LogP contribution in [0.3, 0.4) is 0 Å². The molecule has 0 radical (unpaired) electrons. The maximum atomic E-state index is 11.8. The van der Waals surface area contributed by atoms with Gasteiger partial charge < -0.3 is 4.42 Å². The van der Waals surface area contributed by atoms with E-state index in [1.165, 1.54) is 6.07 Å². The van der Waals surface area contributed by atoms with Gasteiger partial charge in [0.2, 0.25) is 0 Å². The molecule has 0 fully saturated rings. The Balaban J connectivity index is 2.11. The molecule has 0 unspecified atom stereocenters. The van der Waals surface area contributed by atoms with Crippen molar-refractivity contribution in [2.24, 2.45) is 0 Å². The molecule has 0 aliphatic heterocycles. The van der Waals surface area contributed by atoms with E-state index >= 15 is 0 Å². The fourth-order valence-electron chi connectivity index (χ4n) is 1.60. The number of hydrazine groups is 1. The highest BCUT2D eigenvalue weighted by atomic mass is 35.5. The van der Waals surface area contributed by atoms with Gasteiger partial charge in [0, 0.05) is 10.6 Å². The average molecular weight is 338 g/mol. The Morgan fingerprint density at radius 2 is 1.95 bits per heavy atom. The summed E-state index contributed by atoms with van der Waals surface area (Å²) in [5, 5.41) is 9.23. The summed E-state index contributed by atoms with van der Waals surface area (Å²) in [4.78, 5) is 22.9. The van der Waals surface area contributed by atoms with Gasteiger partial charge in [-0.1, -0.05) is 23.2 Å². The van der Waals surface area contributed by atoms with Crippen molar-refractivity contribution in [2.45, 2.75) is 6.42 Å². The first-order chi connectivity index (χ1) is 10.5. The normalized spacial score (nSPS) is 9.86. The molecule has 0 saturated heterocycles. The Hall–Kier alpha value is -2.49. The summed E-state index contributed by atoms with van der Waals surface area (Å²) in [5.41, 5.74) is 4.76. The Morgan fingerprint density at radius 1 is 1.18 bits per heavy atom. The van der Waals surface area contributed by atoms with Crippen molar-refractivity contribution >= 4 is 35.0 Å². The van der Waals surface area contributed by atoms with E-state index in [0.29, 0.717) is 21.4 Å². The fourth-order valence-corrected chi connectivity index (χ4v) is 1.98. The molecule has 0 aliphatic rings. The van der Waals surface area contributed by atoms with Gasteiger partial charge in [-0.3, -0.25) is 20.4 Å². The summed E-state index contributed by atoms with van der Waals surface area (Å²) in [7, 11) is 0. The lowest BCUT2D eigenvalue weighted by Crippen LogP contribution is -2.41. The highest BCUT2D eigenvalue weighted by Crippen LogP contribution is 2.31. The highest BCUT2D eigenvalue weighted by molar-refractivity contribution is 6.35. The van der Waals surface area contributed by atoms with Crippen LogP contribution >= 0.6 is 23.2 Å². The zero-order valence-corrected chi connectivity index (χ0v) is 12.5. The van der Waals surface area contributed by atoms with Crippen LogP contribution in [0.25, 0.3) is 11.3 Å². The molecule has 0 atom stereocenters. The third-order valence-corrected chi connectivity index (χ3v) is 3.14. The first-order valence-electron chi connectivity index (χ1n) is 6.02. The number of carbonyl (C=O) groups excluding carboxylic acids is 2. The van der Waals surface area contributed by atoms with E-state index in [1.54, 1.807) is 30.3 Å².